The molecule has 0 saturated heterocycles. The predicted octanol–water partition coefficient (Wildman–Crippen LogP) is 14.4. The molecular formula is C52H101N2O6P. The zero-order chi connectivity index (χ0) is 45.0. The van der Waals surface area contributed by atoms with E-state index in [0.29, 0.717) is 17.4 Å². The number of nitrogens with zero attached hydrogens (tertiary/aromatic N) is 1. The smallest absolute Gasteiger partial charge is 0.268 e. The average molecular weight is 881 g/mol. The highest BCUT2D eigenvalue weighted by Gasteiger charge is 2.23. The highest BCUT2D eigenvalue weighted by molar-refractivity contribution is 7.45. The maximum absolute atomic E-state index is 12.9. The van der Waals surface area contributed by atoms with Crippen LogP contribution in [0.15, 0.2) is 36.5 Å². The van der Waals surface area contributed by atoms with E-state index in [4.69, 9.17) is 9.05 Å². The van der Waals surface area contributed by atoms with Gasteiger partial charge in [-0.1, -0.05) is 224 Å². The Morgan fingerprint density at radius 1 is 0.557 bits per heavy atom. The molecule has 0 bridgehead atoms. The lowest BCUT2D eigenvalue weighted by atomic mass is 10.0. The van der Waals surface area contributed by atoms with Crippen LogP contribution in [0.1, 0.15) is 239 Å². The first-order valence-electron chi connectivity index (χ1n) is 25.9. The molecule has 0 aromatic rings. The standard InChI is InChI=1S/C52H101N2O6P/c1-6-8-10-12-14-16-18-20-22-24-25-26-27-28-30-31-33-35-37-39-41-43-45-51(55)50(49-60-61(57,58)59-48-47-54(3,4)5)53-52(56)46-44-42-40-38-36-34-32-29-23-21-19-17-15-13-11-9-7-2/h28,30,35,37,43,45,50-51,55H,6-27,29,31-34,36,38-42,44,46-49H2,1-5H3,(H-,53,56,57,58)/b30-28+,37-35+,45-43+. The molecule has 0 saturated carbocycles. The molecule has 360 valence electrons. The van der Waals surface area contributed by atoms with Crippen molar-refractivity contribution in [3.8, 4) is 0 Å². The van der Waals surface area contributed by atoms with E-state index in [9.17, 15) is 19.4 Å². The van der Waals surface area contributed by atoms with Gasteiger partial charge in [0.1, 0.15) is 13.2 Å². The molecule has 8 nitrogen and oxygen atoms in total. The largest absolute Gasteiger partial charge is 0.756 e. The number of phosphoric ester groups is 1. The van der Waals surface area contributed by atoms with Crippen LogP contribution in [-0.2, 0) is 18.4 Å². The van der Waals surface area contributed by atoms with Crippen molar-refractivity contribution in [1.82, 2.24) is 5.32 Å². The van der Waals surface area contributed by atoms with Gasteiger partial charge in [-0.05, 0) is 44.9 Å². The predicted molar refractivity (Wildman–Crippen MR) is 261 cm³/mol. The molecular weight excluding hydrogens is 780 g/mol. The SMILES string of the molecule is CCCCCCCCCCCCCC/C=C/CC/C=C/CC/C=C/C(O)C(COP(=O)([O-])OCC[N+](C)(C)C)NC(=O)CCCCCCCCCCCCCCCCCCC. The van der Waals surface area contributed by atoms with Crippen LogP contribution < -0.4 is 10.2 Å². The first kappa shape index (κ1) is 59.7. The van der Waals surface area contributed by atoms with E-state index in [1.54, 1.807) is 6.08 Å². The molecule has 1 amide bonds. The molecule has 0 aromatic carbocycles. The molecule has 61 heavy (non-hydrogen) atoms. The molecule has 0 spiro atoms. The van der Waals surface area contributed by atoms with Crippen molar-refractivity contribution >= 4 is 13.7 Å². The Bertz CT molecular complexity index is 1090. The maximum Gasteiger partial charge on any atom is 0.268 e. The Labute approximate surface area is 378 Å². The summed E-state index contributed by atoms with van der Waals surface area (Å²) in [5.74, 6) is -0.209. The van der Waals surface area contributed by atoms with Gasteiger partial charge in [-0.3, -0.25) is 9.36 Å². The van der Waals surface area contributed by atoms with Gasteiger partial charge in [0.25, 0.3) is 7.82 Å². The van der Waals surface area contributed by atoms with Crippen LogP contribution in [0, 0.1) is 0 Å². The molecule has 2 N–H and O–H groups in total. The number of carbonyl (C=O) groups is 1. The summed E-state index contributed by atoms with van der Waals surface area (Å²) in [6, 6.07) is -0.906. The van der Waals surface area contributed by atoms with Crippen molar-refractivity contribution in [2.24, 2.45) is 0 Å². The van der Waals surface area contributed by atoms with Gasteiger partial charge in [0, 0.05) is 6.42 Å². The third-order valence-electron chi connectivity index (χ3n) is 11.6. The zero-order valence-corrected chi connectivity index (χ0v) is 41.8. The van der Waals surface area contributed by atoms with Gasteiger partial charge >= 0.3 is 0 Å². The molecule has 0 heterocycles. The van der Waals surface area contributed by atoms with Gasteiger partial charge in [-0.15, -0.1) is 0 Å². The fourth-order valence-electron chi connectivity index (χ4n) is 7.48. The molecule has 0 rings (SSSR count). The molecule has 9 heteroatoms. The number of hydrogen-bond donors (Lipinski definition) is 2. The third-order valence-corrected chi connectivity index (χ3v) is 12.5. The summed E-state index contributed by atoms with van der Waals surface area (Å²) < 4.78 is 23.3. The number of aliphatic hydroxyl groups excluding tert-OH is 1. The van der Waals surface area contributed by atoms with Crippen LogP contribution in [-0.4, -0.2) is 68.5 Å². The first-order chi connectivity index (χ1) is 29.5. The molecule has 0 aliphatic heterocycles. The number of likely N-dealkylation sites (N-methyl/N-ethyl adjacent to an activating group) is 1. The first-order valence-corrected chi connectivity index (χ1v) is 27.3. The van der Waals surface area contributed by atoms with E-state index >= 15 is 0 Å². The Hall–Kier alpha value is -1.28. The van der Waals surface area contributed by atoms with Gasteiger partial charge in [0.15, 0.2) is 0 Å². The summed E-state index contributed by atoms with van der Waals surface area (Å²) in [6.07, 6.45) is 54.9. The quantitative estimate of drug-likeness (QED) is 0.0273. The van der Waals surface area contributed by atoms with Crippen molar-refractivity contribution in [3.63, 3.8) is 0 Å². The summed E-state index contributed by atoms with van der Waals surface area (Å²) >= 11 is 0. The van der Waals surface area contributed by atoms with Crippen LogP contribution in [0.25, 0.3) is 0 Å². The van der Waals surface area contributed by atoms with Crippen LogP contribution in [0.4, 0.5) is 0 Å². The van der Waals surface area contributed by atoms with Crippen molar-refractivity contribution in [3.05, 3.63) is 36.5 Å². The zero-order valence-electron chi connectivity index (χ0n) is 40.9. The number of hydrogen-bond acceptors (Lipinski definition) is 6. The molecule has 0 radical (unpaired) electrons. The lowest BCUT2D eigenvalue weighted by molar-refractivity contribution is -0.870. The molecule has 0 aliphatic rings. The summed E-state index contributed by atoms with van der Waals surface area (Å²) in [5, 5.41) is 13.8. The van der Waals surface area contributed by atoms with Gasteiger partial charge in [-0.2, -0.15) is 0 Å². The monoisotopic (exact) mass is 881 g/mol. The lowest BCUT2D eigenvalue weighted by Gasteiger charge is -2.29. The van der Waals surface area contributed by atoms with Crippen LogP contribution in [0.2, 0.25) is 0 Å². The normalized spacial score (nSPS) is 14.4. The number of carbonyl (C=O) groups excluding carboxylic acids is 1. The Morgan fingerprint density at radius 3 is 1.33 bits per heavy atom. The number of rotatable bonds is 47. The third kappa shape index (κ3) is 46.5. The van der Waals surface area contributed by atoms with E-state index in [1.165, 1.54) is 173 Å². The van der Waals surface area contributed by atoms with Crippen molar-refractivity contribution in [1.29, 1.82) is 0 Å². The number of aliphatic hydroxyl groups is 1. The summed E-state index contributed by atoms with van der Waals surface area (Å²) in [7, 11) is 1.24. The van der Waals surface area contributed by atoms with Crippen molar-refractivity contribution < 1.29 is 32.9 Å². The van der Waals surface area contributed by atoms with Gasteiger partial charge in [-0.25, -0.2) is 0 Å². The molecule has 0 aromatic heterocycles. The number of quaternary nitrogens is 1. The van der Waals surface area contributed by atoms with Crippen molar-refractivity contribution in [2.45, 2.75) is 251 Å². The fraction of sp³-hybridized carbons (Fsp3) is 0.865. The second-order valence-corrected chi connectivity index (χ2v) is 20.3. The van der Waals surface area contributed by atoms with Gasteiger partial charge < -0.3 is 28.8 Å². The van der Waals surface area contributed by atoms with Crippen LogP contribution in [0.5, 0.6) is 0 Å². The van der Waals surface area contributed by atoms with E-state index in [1.807, 2.05) is 27.2 Å². The van der Waals surface area contributed by atoms with E-state index in [0.717, 1.165) is 44.9 Å². The van der Waals surface area contributed by atoms with E-state index < -0.39 is 26.6 Å². The van der Waals surface area contributed by atoms with Gasteiger partial charge in [0.2, 0.25) is 5.91 Å². The Kier molecular flexibility index (Phi) is 43.0. The molecule has 3 unspecified atom stereocenters. The summed E-state index contributed by atoms with van der Waals surface area (Å²) in [6.45, 7) is 4.64. The minimum Gasteiger partial charge on any atom is -0.756 e. The topological polar surface area (TPSA) is 108 Å². The summed E-state index contributed by atoms with van der Waals surface area (Å²) in [4.78, 5) is 25.4. The van der Waals surface area contributed by atoms with Crippen molar-refractivity contribution in [2.75, 3.05) is 40.9 Å². The summed E-state index contributed by atoms with van der Waals surface area (Å²) in [5.41, 5.74) is 0. The van der Waals surface area contributed by atoms with Gasteiger partial charge in [0.05, 0.1) is 39.9 Å². The number of allylic oxidation sites excluding steroid dienone is 5. The Morgan fingerprint density at radius 2 is 0.918 bits per heavy atom. The molecule has 0 fully saturated rings. The van der Waals surface area contributed by atoms with Crippen LogP contribution >= 0.6 is 7.82 Å². The average Bonchev–Trinajstić information content (AvgIpc) is 3.21. The highest BCUT2D eigenvalue weighted by atomic mass is 31.2. The number of nitrogens with one attached hydrogen (secondary N) is 1. The minimum atomic E-state index is -4.60. The lowest BCUT2D eigenvalue weighted by Crippen LogP contribution is -2.45. The molecule has 0 aliphatic carbocycles. The minimum absolute atomic E-state index is 0.00759. The maximum atomic E-state index is 12.9. The number of unbranched alkanes of at least 4 members (excludes halogenated alkanes) is 30. The number of phosphoric acid groups is 1. The van der Waals surface area contributed by atoms with E-state index in [2.05, 4.69) is 43.5 Å². The second-order valence-electron chi connectivity index (χ2n) is 18.9. The Balaban J connectivity index is 4.37. The van der Waals surface area contributed by atoms with Crippen LogP contribution in [0.3, 0.4) is 0 Å². The van der Waals surface area contributed by atoms with E-state index in [-0.39, 0.29) is 12.5 Å². The second kappa shape index (κ2) is 43.9. The fourth-order valence-corrected chi connectivity index (χ4v) is 8.20. The highest BCUT2D eigenvalue weighted by Crippen LogP contribution is 2.38. The number of amides is 1. The molecule has 3 atom stereocenters.